The molecular weight excluding hydrogens is 314 g/mol. The first kappa shape index (κ1) is 17.8. The van der Waals surface area contributed by atoms with Crippen molar-refractivity contribution in [3.8, 4) is 0 Å². The molecule has 0 spiro atoms. The van der Waals surface area contributed by atoms with Crippen LogP contribution in [0.25, 0.3) is 0 Å². The van der Waals surface area contributed by atoms with Gasteiger partial charge in [0.25, 0.3) is 5.91 Å². The average molecular weight is 339 g/mol. The predicted octanol–water partition coefficient (Wildman–Crippen LogP) is 2.36. The molecule has 1 aromatic heterocycles. The van der Waals surface area contributed by atoms with Gasteiger partial charge in [-0.2, -0.15) is 11.8 Å². The van der Waals surface area contributed by atoms with E-state index in [-0.39, 0.29) is 17.9 Å². The van der Waals surface area contributed by atoms with E-state index in [9.17, 15) is 9.59 Å². The number of amides is 1. The van der Waals surface area contributed by atoms with Crippen molar-refractivity contribution in [3.05, 3.63) is 18.2 Å². The summed E-state index contributed by atoms with van der Waals surface area (Å²) in [5, 5.41) is 0. The van der Waals surface area contributed by atoms with Gasteiger partial charge in [-0.05, 0) is 34.6 Å². The Morgan fingerprint density at radius 3 is 2.65 bits per heavy atom. The third kappa shape index (κ3) is 4.50. The van der Waals surface area contributed by atoms with Gasteiger partial charge in [-0.3, -0.25) is 4.79 Å². The number of carbonyl (C=O) groups is 2. The highest BCUT2D eigenvalue weighted by Gasteiger charge is 2.36. The third-order valence-corrected chi connectivity index (χ3v) is 4.51. The van der Waals surface area contributed by atoms with Crippen molar-refractivity contribution in [1.82, 2.24) is 14.5 Å². The second kappa shape index (κ2) is 6.95. The second-order valence-corrected chi connectivity index (χ2v) is 8.07. The Kier molecular flexibility index (Phi) is 5.39. The Hall–Kier alpha value is -1.50. The van der Waals surface area contributed by atoms with E-state index >= 15 is 0 Å². The fraction of sp³-hybridized carbons (Fsp3) is 0.688. The van der Waals surface area contributed by atoms with Crippen LogP contribution in [0.15, 0.2) is 12.5 Å². The molecule has 1 saturated heterocycles. The molecule has 2 heterocycles. The van der Waals surface area contributed by atoms with Gasteiger partial charge in [0, 0.05) is 30.3 Å². The lowest BCUT2D eigenvalue weighted by Crippen LogP contribution is -2.52. The maximum atomic E-state index is 12.7. The summed E-state index contributed by atoms with van der Waals surface area (Å²) in [7, 11) is 0. The number of aromatic nitrogens is 2. The Balaban J connectivity index is 2.16. The molecular formula is C16H25N3O3S. The van der Waals surface area contributed by atoms with E-state index in [4.69, 9.17) is 4.74 Å². The minimum atomic E-state index is -0.562. The molecule has 2 rings (SSSR count). The van der Waals surface area contributed by atoms with Crippen LogP contribution in [-0.2, 0) is 9.53 Å². The first-order chi connectivity index (χ1) is 10.7. The number of thioether (sulfide) groups is 1. The molecule has 0 radical (unpaired) electrons. The van der Waals surface area contributed by atoms with Gasteiger partial charge in [-0.15, -0.1) is 0 Å². The van der Waals surface area contributed by atoms with Crippen molar-refractivity contribution in [1.29, 1.82) is 0 Å². The predicted molar refractivity (Wildman–Crippen MR) is 90.6 cm³/mol. The summed E-state index contributed by atoms with van der Waals surface area (Å²) in [5.41, 5.74) is -0.188. The van der Waals surface area contributed by atoms with Crippen molar-refractivity contribution in [2.24, 2.45) is 0 Å². The molecule has 1 aliphatic rings. The van der Waals surface area contributed by atoms with Crippen molar-refractivity contribution in [3.63, 3.8) is 0 Å². The molecule has 6 nitrogen and oxygen atoms in total. The molecule has 7 heteroatoms. The van der Waals surface area contributed by atoms with Gasteiger partial charge in [0.1, 0.15) is 17.3 Å². The number of ether oxygens (including phenoxy) is 1. The highest BCUT2D eigenvalue weighted by molar-refractivity contribution is 7.99. The zero-order valence-electron chi connectivity index (χ0n) is 14.4. The fourth-order valence-corrected chi connectivity index (χ4v) is 3.32. The minimum Gasteiger partial charge on any atom is -0.458 e. The summed E-state index contributed by atoms with van der Waals surface area (Å²) in [5.74, 6) is 0.823. The Morgan fingerprint density at radius 2 is 2.09 bits per heavy atom. The lowest BCUT2D eigenvalue weighted by atomic mass is 10.2. The number of imidazole rings is 1. The van der Waals surface area contributed by atoms with E-state index in [0.29, 0.717) is 18.0 Å². The number of nitrogens with zero attached hydrogens (tertiary/aromatic N) is 3. The van der Waals surface area contributed by atoms with Crippen LogP contribution in [0.1, 0.15) is 51.1 Å². The van der Waals surface area contributed by atoms with Gasteiger partial charge in [0.05, 0.1) is 6.33 Å². The van der Waals surface area contributed by atoms with Crippen LogP contribution >= 0.6 is 11.8 Å². The largest absolute Gasteiger partial charge is 0.458 e. The van der Waals surface area contributed by atoms with E-state index in [0.717, 1.165) is 5.75 Å². The zero-order chi connectivity index (χ0) is 17.2. The first-order valence-corrected chi connectivity index (χ1v) is 8.99. The summed E-state index contributed by atoms with van der Waals surface area (Å²) in [6.45, 7) is 10.1. The first-order valence-electron chi connectivity index (χ1n) is 7.84. The van der Waals surface area contributed by atoms with Gasteiger partial charge in [-0.25, -0.2) is 9.78 Å². The molecule has 1 aliphatic heterocycles. The number of rotatable bonds is 3. The monoisotopic (exact) mass is 339 g/mol. The van der Waals surface area contributed by atoms with Gasteiger partial charge < -0.3 is 14.2 Å². The highest BCUT2D eigenvalue weighted by atomic mass is 32.2. The molecule has 0 aromatic carbocycles. The van der Waals surface area contributed by atoms with Crippen LogP contribution in [-0.4, -0.2) is 56.0 Å². The zero-order valence-corrected chi connectivity index (χ0v) is 15.2. The van der Waals surface area contributed by atoms with Crippen LogP contribution in [0.5, 0.6) is 0 Å². The normalized spacial score (nSPS) is 19.0. The molecule has 0 bridgehead atoms. The molecule has 128 valence electrons. The van der Waals surface area contributed by atoms with E-state index in [1.54, 1.807) is 29.2 Å². The van der Waals surface area contributed by atoms with Gasteiger partial charge in [-0.1, -0.05) is 0 Å². The Bertz CT molecular complexity index is 577. The maximum Gasteiger partial charge on any atom is 0.330 e. The summed E-state index contributed by atoms with van der Waals surface area (Å²) in [4.78, 5) is 31.0. The van der Waals surface area contributed by atoms with Crippen molar-refractivity contribution in [2.75, 3.05) is 18.1 Å². The summed E-state index contributed by atoms with van der Waals surface area (Å²) in [6, 6.07) is -0.313. The van der Waals surface area contributed by atoms with Gasteiger partial charge in [0.2, 0.25) is 0 Å². The van der Waals surface area contributed by atoms with E-state index in [1.807, 2.05) is 39.2 Å². The lowest BCUT2D eigenvalue weighted by molar-refractivity contribution is -0.159. The molecule has 23 heavy (non-hydrogen) atoms. The maximum absolute atomic E-state index is 12.7. The number of hydrogen-bond acceptors (Lipinski definition) is 5. The van der Waals surface area contributed by atoms with Crippen molar-refractivity contribution in [2.45, 2.75) is 52.3 Å². The second-order valence-electron chi connectivity index (χ2n) is 6.92. The van der Waals surface area contributed by atoms with Crippen LogP contribution in [0.2, 0.25) is 0 Å². The van der Waals surface area contributed by atoms with Crippen LogP contribution < -0.4 is 0 Å². The number of hydrogen-bond donors (Lipinski definition) is 0. The van der Waals surface area contributed by atoms with E-state index in [2.05, 4.69) is 4.98 Å². The highest BCUT2D eigenvalue weighted by Crippen LogP contribution is 2.22. The molecule has 1 fully saturated rings. The van der Waals surface area contributed by atoms with Crippen molar-refractivity contribution < 1.29 is 14.3 Å². The Labute approximate surface area is 141 Å². The number of carbonyl (C=O) groups excluding carboxylic acids is 2. The quantitative estimate of drug-likeness (QED) is 0.791. The molecule has 1 amide bonds. The van der Waals surface area contributed by atoms with Crippen molar-refractivity contribution >= 4 is 23.6 Å². The van der Waals surface area contributed by atoms with E-state index in [1.165, 1.54) is 0 Å². The fourth-order valence-electron chi connectivity index (χ4n) is 2.29. The molecule has 0 unspecified atom stereocenters. The smallest absolute Gasteiger partial charge is 0.330 e. The summed E-state index contributed by atoms with van der Waals surface area (Å²) < 4.78 is 7.35. The molecule has 1 atom stereocenters. The standard InChI is InChI=1S/C16H25N3O3S/c1-11(2)18-8-12(17-10-18)14(20)19-6-7-23-9-13(19)15(21)22-16(3,4)5/h8,10-11,13H,6-7,9H2,1-5H3/t13-/m1/s1. The summed E-state index contributed by atoms with van der Waals surface area (Å²) >= 11 is 1.66. The van der Waals surface area contributed by atoms with Crippen LogP contribution in [0.4, 0.5) is 0 Å². The van der Waals surface area contributed by atoms with Gasteiger partial charge >= 0.3 is 5.97 Å². The average Bonchev–Trinajstić information content (AvgIpc) is 2.94. The number of esters is 1. The third-order valence-electron chi connectivity index (χ3n) is 3.49. The Morgan fingerprint density at radius 1 is 1.39 bits per heavy atom. The molecule has 0 aliphatic carbocycles. The minimum absolute atomic E-state index is 0.208. The summed E-state index contributed by atoms with van der Waals surface area (Å²) in [6.07, 6.45) is 3.39. The van der Waals surface area contributed by atoms with Gasteiger partial charge in [0.15, 0.2) is 0 Å². The molecule has 1 aromatic rings. The van der Waals surface area contributed by atoms with Crippen LogP contribution in [0, 0.1) is 0 Å². The van der Waals surface area contributed by atoms with Crippen LogP contribution in [0.3, 0.4) is 0 Å². The lowest BCUT2D eigenvalue weighted by Gasteiger charge is -2.35. The topological polar surface area (TPSA) is 64.4 Å². The van der Waals surface area contributed by atoms with E-state index < -0.39 is 11.6 Å². The SMILES string of the molecule is CC(C)n1cnc(C(=O)N2CCSC[C@@H]2C(=O)OC(C)(C)C)c1. The molecule has 0 saturated carbocycles. The molecule has 0 N–H and O–H groups in total.